The van der Waals surface area contributed by atoms with E-state index in [2.05, 4.69) is 28.1 Å². The SMILES string of the molecule is CC(CC1CCC(NC(=O)N(C)C)CC1)N1CCN(c2cccc(Cl)c2Cl)CC1. The molecule has 1 aromatic carbocycles. The van der Waals surface area contributed by atoms with E-state index < -0.39 is 0 Å². The molecular formula is C22H34Cl2N4O. The number of carbonyl (C=O) groups is 1. The highest BCUT2D eigenvalue weighted by Crippen LogP contribution is 2.34. The molecule has 162 valence electrons. The number of urea groups is 1. The van der Waals surface area contributed by atoms with Gasteiger partial charge in [0.15, 0.2) is 0 Å². The number of amides is 2. The van der Waals surface area contributed by atoms with Gasteiger partial charge in [0, 0.05) is 52.4 Å². The lowest BCUT2D eigenvalue weighted by Gasteiger charge is -2.41. The molecule has 2 aliphatic rings. The van der Waals surface area contributed by atoms with Crippen LogP contribution in [0.25, 0.3) is 0 Å². The topological polar surface area (TPSA) is 38.8 Å². The minimum Gasteiger partial charge on any atom is -0.368 e. The van der Waals surface area contributed by atoms with E-state index in [1.165, 1.54) is 19.3 Å². The standard InChI is InChI=1S/C22H34Cl2N4O/c1-16(15-17-7-9-18(10-8-17)25-22(29)26(2)3)27-11-13-28(14-12-27)20-6-4-5-19(23)21(20)24/h4-6,16-18H,7-15H2,1-3H3,(H,25,29). The first kappa shape index (κ1) is 22.5. The second kappa shape index (κ2) is 10.2. The number of nitrogens with zero attached hydrogens (tertiary/aromatic N) is 3. The molecule has 2 amide bonds. The fourth-order valence-electron chi connectivity index (χ4n) is 4.62. The zero-order chi connectivity index (χ0) is 21.0. The summed E-state index contributed by atoms with van der Waals surface area (Å²) < 4.78 is 0. The quantitative estimate of drug-likeness (QED) is 0.719. The zero-order valence-electron chi connectivity index (χ0n) is 17.8. The highest BCUT2D eigenvalue weighted by Gasteiger charge is 2.28. The number of carbonyl (C=O) groups excluding carboxylic acids is 1. The number of nitrogens with one attached hydrogen (secondary N) is 1. The Morgan fingerprint density at radius 1 is 1.14 bits per heavy atom. The van der Waals surface area contributed by atoms with Gasteiger partial charge < -0.3 is 15.1 Å². The van der Waals surface area contributed by atoms with Crippen molar-refractivity contribution < 1.29 is 4.79 Å². The molecule has 2 fully saturated rings. The van der Waals surface area contributed by atoms with Crippen LogP contribution in [0, 0.1) is 5.92 Å². The molecule has 3 rings (SSSR count). The van der Waals surface area contributed by atoms with Gasteiger partial charge in [-0.3, -0.25) is 4.90 Å². The van der Waals surface area contributed by atoms with E-state index in [4.69, 9.17) is 23.2 Å². The van der Waals surface area contributed by atoms with Crippen molar-refractivity contribution in [1.82, 2.24) is 15.1 Å². The maximum absolute atomic E-state index is 11.8. The van der Waals surface area contributed by atoms with Gasteiger partial charge >= 0.3 is 6.03 Å². The predicted molar refractivity (Wildman–Crippen MR) is 122 cm³/mol. The molecular weight excluding hydrogens is 407 g/mol. The number of halogens is 2. The van der Waals surface area contributed by atoms with Crippen LogP contribution in [0.1, 0.15) is 39.0 Å². The van der Waals surface area contributed by atoms with E-state index in [0.29, 0.717) is 22.1 Å². The smallest absolute Gasteiger partial charge is 0.317 e. The van der Waals surface area contributed by atoms with Crippen molar-refractivity contribution in [2.75, 3.05) is 45.2 Å². The number of benzene rings is 1. The van der Waals surface area contributed by atoms with Crippen molar-refractivity contribution in [1.29, 1.82) is 0 Å². The molecule has 1 atom stereocenters. The molecule has 0 aromatic heterocycles. The van der Waals surface area contributed by atoms with Gasteiger partial charge in [-0.25, -0.2) is 4.79 Å². The largest absolute Gasteiger partial charge is 0.368 e. The Morgan fingerprint density at radius 2 is 1.79 bits per heavy atom. The van der Waals surface area contributed by atoms with Crippen molar-refractivity contribution in [3.8, 4) is 0 Å². The normalized spacial score (nSPS) is 24.2. The van der Waals surface area contributed by atoms with Crippen LogP contribution in [0.3, 0.4) is 0 Å². The minimum atomic E-state index is 0.0273. The van der Waals surface area contributed by atoms with Gasteiger partial charge in [0.1, 0.15) is 0 Å². The summed E-state index contributed by atoms with van der Waals surface area (Å²) >= 11 is 12.6. The maximum Gasteiger partial charge on any atom is 0.317 e. The molecule has 1 aliphatic heterocycles. The third kappa shape index (κ3) is 5.93. The summed E-state index contributed by atoms with van der Waals surface area (Å²) in [6.45, 7) is 6.43. The molecule has 7 heteroatoms. The average molecular weight is 441 g/mol. The van der Waals surface area contributed by atoms with E-state index in [1.54, 1.807) is 19.0 Å². The van der Waals surface area contributed by atoms with Gasteiger partial charge in [-0.2, -0.15) is 0 Å². The number of hydrogen-bond donors (Lipinski definition) is 1. The van der Waals surface area contributed by atoms with Gasteiger partial charge in [-0.1, -0.05) is 29.3 Å². The minimum absolute atomic E-state index is 0.0273. The van der Waals surface area contributed by atoms with E-state index in [0.717, 1.165) is 50.6 Å². The van der Waals surface area contributed by atoms with Crippen molar-refractivity contribution in [3.63, 3.8) is 0 Å². The molecule has 1 saturated carbocycles. The zero-order valence-corrected chi connectivity index (χ0v) is 19.3. The monoisotopic (exact) mass is 440 g/mol. The molecule has 0 bridgehead atoms. The first-order chi connectivity index (χ1) is 13.8. The van der Waals surface area contributed by atoms with Crippen LogP contribution in [-0.2, 0) is 0 Å². The molecule has 29 heavy (non-hydrogen) atoms. The van der Waals surface area contributed by atoms with Crippen LogP contribution in [0.4, 0.5) is 10.5 Å². The first-order valence-electron chi connectivity index (χ1n) is 10.8. The second-order valence-corrected chi connectivity index (χ2v) is 9.53. The molecule has 1 saturated heterocycles. The van der Waals surface area contributed by atoms with Gasteiger partial charge in [-0.15, -0.1) is 0 Å². The first-order valence-corrected chi connectivity index (χ1v) is 11.5. The van der Waals surface area contributed by atoms with E-state index >= 15 is 0 Å². The highest BCUT2D eigenvalue weighted by molar-refractivity contribution is 6.43. The third-order valence-electron chi connectivity index (χ3n) is 6.46. The van der Waals surface area contributed by atoms with Gasteiger partial charge in [0.2, 0.25) is 0 Å². The fourth-order valence-corrected chi connectivity index (χ4v) is 5.03. The Morgan fingerprint density at radius 3 is 2.41 bits per heavy atom. The molecule has 5 nitrogen and oxygen atoms in total. The number of anilines is 1. The van der Waals surface area contributed by atoms with Crippen LogP contribution in [0.15, 0.2) is 18.2 Å². The summed E-state index contributed by atoms with van der Waals surface area (Å²) in [7, 11) is 3.59. The predicted octanol–water partition coefficient (Wildman–Crippen LogP) is 4.72. The highest BCUT2D eigenvalue weighted by atomic mass is 35.5. The van der Waals surface area contributed by atoms with Crippen LogP contribution in [0.2, 0.25) is 10.0 Å². The van der Waals surface area contributed by atoms with E-state index in [-0.39, 0.29) is 6.03 Å². The summed E-state index contributed by atoms with van der Waals surface area (Å²) in [4.78, 5) is 18.4. The third-order valence-corrected chi connectivity index (χ3v) is 7.27. The molecule has 0 spiro atoms. The van der Waals surface area contributed by atoms with Crippen LogP contribution >= 0.6 is 23.2 Å². The maximum atomic E-state index is 11.8. The average Bonchev–Trinajstić information content (AvgIpc) is 2.71. The summed E-state index contributed by atoms with van der Waals surface area (Å²) in [6, 6.07) is 6.81. The summed E-state index contributed by atoms with van der Waals surface area (Å²) in [6.07, 6.45) is 5.85. The molecule has 1 aliphatic carbocycles. The Kier molecular flexibility index (Phi) is 7.94. The van der Waals surface area contributed by atoms with Crippen LogP contribution in [-0.4, -0.2) is 68.2 Å². The van der Waals surface area contributed by atoms with Gasteiger partial charge in [0.05, 0.1) is 15.7 Å². The Balaban J connectivity index is 1.42. The molecule has 0 radical (unpaired) electrons. The molecule has 1 unspecified atom stereocenters. The van der Waals surface area contributed by atoms with Crippen molar-refractivity contribution >= 4 is 34.9 Å². The summed E-state index contributed by atoms with van der Waals surface area (Å²) in [5, 5.41) is 4.42. The van der Waals surface area contributed by atoms with Crippen LogP contribution in [0.5, 0.6) is 0 Å². The van der Waals surface area contributed by atoms with E-state index in [1.807, 2.05) is 12.1 Å². The lowest BCUT2D eigenvalue weighted by molar-refractivity contribution is 0.153. The Hall–Kier alpha value is -1.17. The molecule has 1 aromatic rings. The number of rotatable bonds is 5. The molecule has 1 N–H and O–H groups in total. The van der Waals surface area contributed by atoms with Crippen molar-refractivity contribution in [2.24, 2.45) is 5.92 Å². The lowest BCUT2D eigenvalue weighted by Crippen LogP contribution is -2.50. The van der Waals surface area contributed by atoms with Gasteiger partial charge in [-0.05, 0) is 57.1 Å². The van der Waals surface area contributed by atoms with Crippen molar-refractivity contribution in [3.05, 3.63) is 28.2 Å². The lowest BCUT2D eigenvalue weighted by atomic mass is 9.82. The Labute approximate surface area is 185 Å². The fraction of sp³-hybridized carbons (Fsp3) is 0.682. The molecule has 1 heterocycles. The van der Waals surface area contributed by atoms with Gasteiger partial charge in [0.25, 0.3) is 0 Å². The number of hydrogen-bond acceptors (Lipinski definition) is 3. The Bertz CT molecular complexity index is 683. The summed E-state index contributed by atoms with van der Waals surface area (Å²) in [5.41, 5.74) is 1.05. The van der Waals surface area contributed by atoms with E-state index in [9.17, 15) is 4.79 Å². The number of piperazine rings is 1. The summed E-state index contributed by atoms with van der Waals surface area (Å²) in [5.74, 6) is 0.762. The second-order valence-electron chi connectivity index (χ2n) is 8.74. The van der Waals surface area contributed by atoms with Crippen molar-refractivity contribution in [2.45, 2.75) is 51.1 Å². The van der Waals surface area contributed by atoms with Crippen LogP contribution < -0.4 is 10.2 Å².